The van der Waals surface area contributed by atoms with Crippen molar-refractivity contribution in [3.8, 4) is 0 Å². The predicted molar refractivity (Wildman–Crippen MR) is 72.6 cm³/mol. The van der Waals surface area contributed by atoms with Crippen LogP contribution in [-0.4, -0.2) is 10.8 Å². The average molecular weight is 237 g/mol. The number of hydrogen-bond donors (Lipinski definition) is 0. The van der Waals surface area contributed by atoms with Crippen LogP contribution in [0.2, 0.25) is 0 Å². The van der Waals surface area contributed by atoms with Crippen LogP contribution in [0, 0.1) is 0 Å². The lowest BCUT2D eigenvalue weighted by Gasteiger charge is -2.11. The van der Waals surface area contributed by atoms with Gasteiger partial charge in [-0.15, -0.1) is 0 Å². The number of para-hydroxylation sites is 1. The van der Waals surface area contributed by atoms with Crippen molar-refractivity contribution in [3.63, 3.8) is 0 Å². The smallest absolute Gasteiger partial charge is 0.207 e. The number of carbonyl (C=O) groups is 1. The van der Waals surface area contributed by atoms with Crippen molar-refractivity contribution in [3.05, 3.63) is 53.7 Å². The Hall–Kier alpha value is -1.96. The van der Waals surface area contributed by atoms with Crippen molar-refractivity contribution >= 4 is 16.7 Å². The summed E-state index contributed by atoms with van der Waals surface area (Å²) >= 11 is 0. The van der Waals surface area contributed by atoms with Gasteiger partial charge in [0.2, 0.25) is 5.78 Å². The maximum atomic E-state index is 12.3. The van der Waals surface area contributed by atoms with Crippen LogP contribution in [0.4, 0.5) is 0 Å². The van der Waals surface area contributed by atoms with Crippen LogP contribution >= 0.6 is 0 Å². The Bertz CT molecular complexity index is 628. The molecule has 0 unspecified atom stereocenters. The first kappa shape index (κ1) is 11.1. The first-order chi connectivity index (χ1) is 8.84. The number of nitrogens with zero attached hydrogens (tertiary/aromatic N) is 1. The highest BCUT2D eigenvalue weighted by atomic mass is 16.1. The van der Waals surface area contributed by atoms with Crippen LogP contribution in [0.5, 0.6) is 0 Å². The SMILES string of the molecule is O=C(C1=CCCCC1)c1ccc2ccccc2n1. The third-order valence-electron chi connectivity index (χ3n) is 3.41. The van der Waals surface area contributed by atoms with E-state index in [9.17, 15) is 4.79 Å². The molecule has 1 heterocycles. The molecule has 2 aromatic rings. The minimum Gasteiger partial charge on any atom is -0.287 e. The number of allylic oxidation sites excluding steroid dienone is 2. The molecule has 2 nitrogen and oxygen atoms in total. The molecule has 0 radical (unpaired) electrons. The Morgan fingerprint density at radius 2 is 1.94 bits per heavy atom. The van der Waals surface area contributed by atoms with E-state index in [1.165, 1.54) is 6.42 Å². The summed E-state index contributed by atoms with van der Waals surface area (Å²) in [6, 6.07) is 11.7. The quantitative estimate of drug-likeness (QED) is 0.741. The molecule has 90 valence electrons. The van der Waals surface area contributed by atoms with Gasteiger partial charge in [0.1, 0.15) is 5.69 Å². The van der Waals surface area contributed by atoms with Crippen molar-refractivity contribution in [2.45, 2.75) is 25.7 Å². The molecule has 0 bridgehead atoms. The van der Waals surface area contributed by atoms with Gasteiger partial charge in [0, 0.05) is 5.39 Å². The molecule has 18 heavy (non-hydrogen) atoms. The zero-order valence-corrected chi connectivity index (χ0v) is 10.2. The Morgan fingerprint density at radius 1 is 1.06 bits per heavy atom. The van der Waals surface area contributed by atoms with Crippen molar-refractivity contribution in [1.29, 1.82) is 0 Å². The molecule has 1 aromatic heterocycles. The highest BCUT2D eigenvalue weighted by Gasteiger charge is 2.15. The van der Waals surface area contributed by atoms with Gasteiger partial charge in [-0.2, -0.15) is 0 Å². The van der Waals surface area contributed by atoms with Crippen molar-refractivity contribution in [2.75, 3.05) is 0 Å². The van der Waals surface area contributed by atoms with Crippen LogP contribution in [0.25, 0.3) is 10.9 Å². The number of pyridine rings is 1. The number of fused-ring (bicyclic) bond motifs is 1. The number of ketones is 1. The largest absolute Gasteiger partial charge is 0.287 e. The molecule has 0 fully saturated rings. The normalized spacial score (nSPS) is 15.4. The minimum atomic E-state index is 0.0976. The molecular formula is C16H15NO. The second-order valence-corrected chi connectivity index (χ2v) is 4.69. The molecule has 0 spiro atoms. The van der Waals surface area contributed by atoms with Gasteiger partial charge >= 0.3 is 0 Å². The average Bonchev–Trinajstić information content (AvgIpc) is 2.47. The van der Waals surface area contributed by atoms with E-state index in [4.69, 9.17) is 0 Å². The minimum absolute atomic E-state index is 0.0976. The molecule has 3 rings (SSSR count). The zero-order chi connectivity index (χ0) is 12.4. The summed E-state index contributed by atoms with van der Waals surface area (Å²) in [6.45, 7) is 0. The van der Waals surface area contributed by atoms with Crippen LogP contribution < -0.4 is 0 Å². The van der Waals surface area contributed by atoms with Crippen LogP contribution in [-0.2, 0) is 0 Å². The molecule has 1 aliphatic carbocycles. The Balaban J connectivity index is 1.98. The summed E-state index contributed by atoms with van der Waals surface area (Å²) in [5, 5.41) is 1.08. The lowest BCUT2D eigenvalue weighted by atomic mass is 9.95. The second-order valence-electron chi connectivity index (χ2n) is 4.69. The van der Waals surface area contributed by atoms with Crippen molar-refractivity contribution < 1.29 is 4.79 Å². The summed E-state index contributed by atoms with van der Waals surface area (Å²) in [5.74, 6) is 0.0976. The maximum Gasteiger partial charge on any atom is 0.207 e. The zero-order valence-electron chi connectivity index (χ0n) is 10.2. The molecule has 0 amide bonds. The van der Waals surface area contributed by atoms with Crippen molar-refractivity contribution in [2.24, 2.45) is 0 Å². The summed E-state index contributed by atoms with van der Waals surface area (Å²) < 4.78 is 0. The molecule has 1 aromatic carbocycles. The molecule has 0 saturated heterocycles. The summed E-state index contributed by atoms with van der Waals surface area (Å²) in [5.41, 5.74) is 2.39. The summed E-state index contributed by atoms with van der Waals surface area (Å²) in [7, 11) is 0. The lowest BCUT2D eigenvalue weighted by Crippen LogP contribution is -2.08. The first-order valence-corrected chi connectivity index (χ1v) is 6.44. The Morgan fingerprint density at radius 3 is 2.78 bits per heavy atom. The number of aromatic nitrogens is 1. The number of Topliss-reactive ketones (excluding diaryl/α,β-unsaturated/α-hetero) is 1. The number of carbonyl (C=O) groups excluding carboxylic acids is 1. The Labute approximate surface area is 106 Å². The number of rotatable bonds is 2. The third kappa shape index (κ3) is 2.06. The summed E-state index contributed by atoms with van der Waals surface area (Å²) in [4.78, 5) is 16.8. The third-order valence-corrected chi connectivity index (χ3v) is 3.41. The van der Waals surface area contributed by atoms with Gasteiger partial charge in [-0.3, -0.25) is 4.79 Å². The van der Waals surface area contributed by atoms with Crippen LogP contribution in [0.15, 0.2) is 48.0 Å². The summed E-state index contributed by atoms with van der Waals surface area (Å²) in [6.07, 6.45) is 6.30. The fraction of sp³-hybridized carbons (Fsp3) is 0.250. The standard InChI is InChI=1S/C16H15NO/c18-16(13-7-2-1-3-8-13)15-11-10-12-6-4-5-9-14(12)17-15/h4-7,9-11H,1-3,8H2. The van der Waals surface area contributed by atoms with Crippen LogP contribution in [0.3, 0.4) is 0 Å². The van der Waals surface area contributed by atoms with Crippen molar-refractivity contribution in [1.82, 2.24) is 4.98 Å². The van der Waals surface area contributed by atoms with E-state index in [-0.39, 0.29) is 5.78 Å². The monoisotopic (exact) mass is 237 g/mol. The van der Waals surface area contributed by atoms with E-state index in [2.05, 4.69) is 11.1 Å². The number of benzene rings is 1. The van der Waals surface area contributed by atoms with E-state index >= 15 is 0 Å². The molecular weight excluding hydrogens is 222 g/mol. The Kier molecular flexibility index (Phi) is 2.93. The predicted octanol–water partition coefficient (Wildman–Crippen LogP) is 3.92. The highest BCUT2D eigenvalue weighted by Crippen LogP contribution is 2.21. The second kappa shape index (κ2) is 4.73. The molecule has 1 aliphatic rings. The highest BCUT2D eigenvalue weighted by molar-refractivity contribution is 6.08. The molecule has 0 N–H and O–H groups in total. The van der Waals surface area contributed by atoms with Gasteiger partial charge < -0.3 is 0 Å². The van der Waals surface area contributed by atoms with Crippen LogP contribution in [0.1, 0.15) is 36.2 Å². The topological polar surface area (TPSA) is 30.0 Å². The lowest BCUT2D eigenvalue weighted by molar-refractivity contribution is 0.102. The molecule has 2 heteroatoms. The van der Waals surface area contributed by atoms with Gasteiger partial charge in [-0.1, -0.05) is 30.3 Å². The fourth-order valence-corrected chi connectivity index (χ4v) is 2.40. The molecule has 0 aliphatic heterocycles. The molecule has 0 saturated carbocycles. The van der Waals surface area contributed by atoms with Gasteiger partial charge in [-0.05, 0) is 43.4 Å². The van der Waals surface area contributed by atoms with E-state index in [1.54, 1.807) is 0 Å². The maximum absolute atomic E-state index is 12.3. The van der Waals surface area contributed by atoms with E-state index in [0.717, 1.165) is 35.7 Å². The van der Waals surface area contributed by atoms with Gasteiger partial charge in [0.25, 0.3) is 0 Å². The molecule has 0 atom stereocenters. The van der Waals surface area contributed by atoms with Gasteiger partial charge in [0.05, 0.1) is 5.52 Å². The fourth-order valence-electron chi connectivity index (χ4n) is 2.40. The van der Waals surface area contributed by atoms with E-state index in [0.29, 0.717) is 5.69 Å². The van der Waals surface area contributed by atoms with E-state index < -0.39 is 0 Å². The van der Waals surface area contributed by atoms with Gasteiger partial charge in [0.15, 0.2) is 0 Å². The van der Waals surface area contributed by atoms with E-state index in [1.807, 2.05) is 36.4 Å². The van der Waals surface area contributed by atoms with Gasteiger partial charge in [-0.25, -0.2) is 4.98 Å². The number of hydrogen-bond acceptors (Lipinski definition) is 2. The first-order valence-electron chi connectivity index (χ1n) is 6.44.